The zero-order valence-electron chi connectivity index (χ0n) is 7.45. The minimum absolute atomic E-state index is 0.0541. The summed E-state index contributed by atoms with van der Waals surface area (Å²) in [5.41, 5.74) is 1.68. The van der Waals surface area contributed by atoms with E-state index in [0.29, 0.717) is 22.0 Å². The lowest BCUT2D eigenvalue weighted by Crippen LogP contribution is -1.96. The lowest BCUT2D eigenvalue weighted by Gasteiger charge is -2.02. The molecule has 14 heavy (non-hydrogen) atoms. The second kappa shape index (κ2) is 4.20. The highest BCUT2D eigenvalue weighted by atomic mass is 79.9. The third-order valence-corrected chi connectivity index (χ3v) is 2.49. The van der Waals surface area contributed by atoms with Gasteiger partial charge in [0, 0.05) is 17.0 Å². The Kier molecular flexibility index (Phi) is 3.20. The van der Waals surface area contributed by atoms with E-state index in [1.54, 1.807) is 13.0 Å². The van der Waals surface area contributed by atoms with Gasteiger partial charge in [0.1, 0.15) is 0 Å². The highest BCUT2D eigenvalue weighted by Gasteiger charge is 2.15. The normalized spacial score (nSPS) is 9.50. The van der Waals surface area contributed by atoms with Crippen LogP contribution in [0.3, 0.4) is 0 Å². The SMILES string of the molecule is Cc1cc([N+](=O)[O-])c(CBr)cc1C#N. The maximum atomic E-state index is 10.6. The molecule has 4 nitrogen and oxygen atoms in total. The summed E-state index contributed by atoms with van der Waals surface area (Å²) in [6, 6.07) is 4.96. The average Bonchev–Trinajstić information content (AvgIpc) is 2.17. The first-order chi connectivity index (χ1) is 6.60. The van der Waals surface area contributed by atoms with Crippen LogP contribution >= 0.6 is 15.9 Å². The van der Waals surface area contributed by atoms with Crippen molar-refractivity contribution in [3.63, 3.8) is 0 Å². The summed E-state index contributed by atoms with van der Waals surface area (Å²) in [6.45, 7) is 1.68. The molecule has 0 saturated heterocycles. The molecule has 0 spiro atoms. The van der Waals surface area contributed by atoms with Gasteiger partial charge in [0.05, 0.1) is 16.6 Å². The Morgan fingerprint density at radius 3 is 2.71 bits per heavy atom. The van der Waals surface area contributed by atoms with Gasteiger partial charge in [0.2, 0.25) is 0 Å². The Bertz CT molecular complexity index is 424. The van der Waals surface area contributed by atoms with Crippen molar-refractivity contribution in [1.82, 2.24) is 0 Å². The predicted molar refractivity (Wildman–Crippen MR) is 55.2 cm³/mol. The molecule has 0 aliphatic heterocycles. The quantitative estimate of drug-likeness (QED) is 0.463. The van der Waals surface area contributed by atoms with Crippen LogP contribution < -0.4 is 0 Å². The van der Waals surface area contributed by atoms with Gasteiger partial charge >= 0.3 is 0 Å². The van der Waals surface area contributed by atoms with Crippen LogP contribution in [0.15, 0.2) is 12.1 Å². The van der Waals surface area contributed by atoms with Crippen LogP contribution in [0.2, 0.25) is 0 Å². The molecule has 0 heterocycles. The molecular formula is C9H7BrN2O2. The summed E-state index contributed by atoms with van der Waals surface area (Å²) in [7, 11) is 0. The standard InChI is InChI=1S/C9H7BrN2O2/c1-6-2-9(12(13)14)7(4-10)3-8(6)5-11/h2-3H,4H2,1H3. The fourth-order valence-electron chi connectivity index (χ4n) is 1.13. The topological polar surface area (TPSA) is 66.9 Å². The first-order valence-corrected chi connectivity index (χ1v) is 4.96. The first-order valence-electron chi connectivity index (χ1n) is 3.84. The molecule has 0 unspecified atom stereocenters. The van der Waals surface area contributed by atoms with Gasteiger partial charge in [-0.2, -0.15) is 5.26 Å². The lowest BCUT2D eigenvalue weighted by molar-refractivity contribution is -0.385. The summed E-state index contributed by atoms with van der Waals surface area (Å²) in [4.78, 5) is 10.2. The number of hydrogen-bond acceptors (Lipinski definition) is 3. The molecule has 0 atom stereocenters. The van der Waals surface area contributed by atoms with Gasteiger partial charge < -0.3 is 0 Å². The van der Waals surface area contributed by atoms with Crippen LogP contribution in [-0.4, -0.2) is 4.92 Å². The van der Waals surface area contributed by atoms with E-state index in [-0.39, 0.29) is 5.69 Å². The Labute approximate surface area is 89.4 Å². The number of alkyl halides is 1. The molecule has 5 heteroatoms. The summed E-state index contributed by atoms with van der Waals surface area (Å²) in [5.74, 6) is 0. The van der Waals surface area contributed by atoms with Gasteiger partial charge in [-0.05, 0) is 18.6 Å². The molecule has 1 aromatic rings. The maximum Gasteiger partial charge on any atom is 0.273 e. The van der Waals surface area contributed by atoms with Crippen molar-refractivity contribution in [2.75, 3.05) is 0 Å². The fourth-order valence-corrected chi connectivity index (χ4v) is 1.58. The lowest BCUT2D eigenvalue weighted by atomic mass is 10.1. The molecule has 0 aromatic heterocycles. The molecule has 0 radical (unpaired) electrons. The van der Waals surface area contributed by atoms with E-state index >= 15 is 0 Å². The third-order valence-electron chi connectivity index (χ3n) is 1.89. The van der Waals surface area contributed by atoms with Crippen LogP contribution in [0.1, 0.15) is 16.7 Å². The van der Waals surface area contributed by atoms with Gasteiger partial charge in [0.25, 0.3) is 5.69 Å². The highest BCUT2D eigenvalue weighted by Crippen LogP contribution is 2.24. The monoisotopic (exact) mass is 254 g/mol. The van der Waals surface area contributed by atoms with E-state index in [2.05, 4.69) is 15.9 Å². The molecule has 0 N–H and O–H groups in total. The molecule has 1 rings (SSSR count). The largest absolute Gasteiger partial charge is 0.273 e. The van der Waals surface area contributed by atoms with Crippen LogP contribution in [0.25, 0.3) is 0 Å². The number of nitro groups is 1. The second-order valence-corrected chi connectivity index (χ2v) is 3.36. The van der Waals surface area contributed by atoms with Crippen LogP contribution in [0.4, 0.5) is 5.69 Å². The van der Waals surface area contributed by atoms with Crippen molar-refractivity contribution >= 4 is 21.6 Å². The highest BCUT2D eigenvalue weighted by molar-refractivity contribution is 9.08. The van der Waals surface area contributed by atoms with Crippen molar-refractivity contribution in [3.8, 4) is 6.07 Å². The summed E-state index contributed by atoms with van der Waals surface area (Å²) >= 11 is 3.15. The zero-order chi connectivity index (χ0) is 10.7. The minimum Gasteiger partial charge on any atom is -0.258 e. The number of nitriles is 1. The number of hydrogen-bond donors (Lipinski definition) is 0. The number of nitrogens with zero attached hydrogens (tertiary/aromatic N) is 2. The molecule has 0 fully saturated rings. The van der Waals surface area contributed by atoms with Crippen molar-refractivity contribution in [3.05, 3.63) is 38.9 Å². The van der Waals surface area contributed by atoms with E-state index in [0.717, 1.165) is 0 Å². The van der Waals surface area contributed by atoms with Crippen molar-refractivity contribution in [1.29, 1.82) is 5.26 Å². The molecule has 0 aliphatic carbocycles. The average molecular weight is 255 g/mol. The van der Waals surface area contributed by atoms with E-state index in [9.17, 15) is 10.1 Å². The third kappa shape index (κ3) is 1.91. The number of aryl methyl sites for hydroxylation is 1. The molecule has 0 aliphatic rings. The fraction of sp³-hybridized carbons (Fsp3) is 0.222. The van der Waals surface area contributed by atoms with Gasteiger partial charge in [-0.1, -0.05) is 15.9 Å². The Morgan fingerprint density at radius 1 is 1.64 bits per heavy atom. The molecule has 72 valence electrons. The smallest absolute Gasteiger partial charge is 0.258 e. The predicted octanol–water partition coefficient (Wildman–Crippen LogP) is 2.67. The van der Waals surface area contributed by atoms with Crippen LogP contribution in [0.5, 0.6) is 0 Å². The number of nitro benzene ring substituents is 1. The van der Waals surface area contributed by atoms with Gasteiger partial charge in [-0.3, -0.25) is 10.1 Å². The minimum atomic E-state index is -0.440. The van der Waals surface area contributed by atoms with Gasteiger partial charge in [-0.15, -0.1) is 0 Å². The van der Waals surface area contributed by atoms with Gasteiger partial charge in [-0.25, -0.2) is 0 Å². The number of rotatable bonds is 2. The first kappa shape index (κ1) is 10.7. The second-order valence-electron chi connectivity index (χ2n) is 2.80. The van der Waals surface area contributed by atoms with Crippen LogP contribution in [0, 0.1) is 28.4 Å². The zero-order valence-corrected chi connectivity index (χ0v) is 9.04. The summed E-state index contributed by atoms with van der Waals surface area (Å²) in [6.07, 6.45) is 0. The van der Waals surface area contributed by atoms with E-state index in [1.165, 1.54) is 6.07 Å². The molecule has 0 bridgehead atoms. The Balaban J connectivity index is 3.41. The van der Waals surface area contributed by atoms with Crippen molar-refractivity contribution in [2.45, 2.75) is 12.3 Å². The van der Waals surface area contributed by atoms with Crippen molar-refractivity contribution < 1.29 is 4.92 Å². The number of halogens is 1. The molecule has 0 amide bonds. The number of benzene rings is 1. The molecule has 1 aromatic carbocycles. The Hall–Kier alpha value is -1.41. The maximum absolute atomic E-state index is 10.6. The van der Waals surface area contributed by atoms with Crippen molar-refractivity contribution in [2.24, 2.45) is 0 Å². The molecular weight excluding hydrogens is 248 g/mol. The summed E-state index contributed by atoms with van der Waals surface area (Å²) in [5, 5.41) is 19.7. The van der Waals surface area contributed by atoms with Gasteiger partial charge in [0.15, 0.2) is 0 Å². The summed E-state index contributed by atoms with van der Waals surface area (Å²) < 4.78 is 0. The molecule has 0 saturated carbocycles. The Morgan fingerprint density at radius 2 is 2.29 bits per heavy atom. The van der Waals surface area contributed by atoms with Crippen LogP contribution in [-0.2, 0) is 5.33 Å². The van der Waals surface area contributed by atoms with E-state index < -0.39 is 4.92 Å². The van der Waals surface area contributed by atoms with E-state index in [4.69, 9.17) is 5.26 Å². The van der Waals surface area contributed by atoms with E-state index in [1.807, 2.05) is 6.07 Å².